The van der Waals surface area contributed by atoms with Crippen molar-refractivity contribution in [3.05, 3.63) is 0 Å². The molecule has 0 aliphatic heterocycles. The van der Waals surface area contributed by atoms with E-state index in [9.17, 15) is 0 Å². The van der Waals surface area contributed by atoms with Gasteiger partial charge in [-0.15, -0.1) is 0 Å². The van der Waals surface area contributed by atoms with Crippen LogP contribution in [0, 0.1) is 0 Å². The summed E-state index contributed by atoms with van der Waals surface area (Å²) in [5.41, 5.74) is 0.848. The van der Waals surface area contributed by atoms with Gasteiger partial charge in [0, 0.05) is 7.11 Å². The zero-order valence-electron chi connectivity index (χ0n) is 13.0. The van der Waals surface area contributed by atoms with Crippen molar-refractivity contribution >= 4 is 8.32 Å². The molecule has 1 aliphatic rings. The van der Waals surface area contributed by atoms with Gasteiger partial charge in [0.15, 0.2) is 0 Å². The lowest BCUT2D eigenvalue weighted by Gasteiger charge is -2.55. The Labute approximate surface area is 109 Å². The summed E-state index contributed by atoms with van der Waals surface area (Å²) < 4.78 is 6.35. The maximum atomic E-state index is 6.35. The molecule has 0 aromatic carbocycles. The van der Waals surface area contributed by atoms with Gasteiger partial charge >= 0.3 is 0 Å². The Morgan fingerprint density at radius 3 is 1.53 bits per heavy atom. The lowest BCUT2D eigenvalue weighted by atomic mass is 10.00. The predicted molar refractivity (Wildman–Crippen MR) is 79.0 cm³/mol. The smallest absolute Gasteiger partial charge is 0.205 e. The molecular formula is C15H32OSi. The van der Waals surface area contributed by atoms with E-state index in [1.165, 1.54) is 32.1 Å². The Morgan fingerprint density at radius 1 is 0.824 bits per heavy atom. The minimum atomic E-state index is -1.77. The highest BCUT2D eigenvalue weighted by Gasteiger charge is 2.58. The third kappa shape index (κ3) is 2.63. The van der Waals surface area contributed by atoms with Gasteiger partial charge in [-0.05, 0) is 15.6 Å². The second kappa shape index (κ2) is 5.04. The quantitative estimate of drug-likeness (QED) is 0.592. The van der Waals surface area contributed by atoms with Crippen LogP contribution in [-0.4, -0.2) is 15.4 Å². The normalized spacial score (nSPS) is 20.6. The van der Waals surface area contributed by atoms with Crippen molar-refractivity contribution in [3.8, 4) is 0 Å². The summed E-state index contributed by atoms with van der Waals surface area (Å²) in [4.78, 5) is 0. The van der Waals surface area contributed by atoms with Crippen LogP contribution in [0.3, 0.4) is 0 Å². The third-order valence-corrected chi connectivity index (χ3v) is 11.6. The highest BCUT2D eigenvalue weighted by atomic mass is 28.4. The molecule has 0 aromatic heterocycles. The summed E-state index contributed by atoms with van der Waals surface area (Å²) in [5.74, 6) is 0. The molecule has 0 amide bonds. The molecule has 0 N–H and O–H groups in total. The van der Waals surface area contributed by atoms with Gasteiger partial charge in [-0.25, -0.2) is 0 Å². The van der Waals surface area contributed by atoms with Gasteiger partial charge < -0.3 is 4.43 Å². The van der Waals surface area contributed by atoms with Gasteiger partial charge in [-0.3, -0.25) is 0 Å². The largest absolute Gasteiger partial charge is 0.419 e. The van der Waals surface area contributed by atoms with Crippen molar-refractivity contribution in [1.82, 2.24) is 0 Å². The first-order valence-corrected chi connectivity index (χ1v) is 9.20. The Kier molecular flexibility index (Phi) is 4.52. The summed E-state index contributed by atoms with van der Waals surface area (Å²) in [5, 5.41) is 0.643. The standard InChI is InChI=1S/C15H32OSi/c1-14(2,3)17(16-7,15(4,5)6)13-11-9-8-10-12-13/h13H,8-12H2,1-7H3. The Balaban J connectivity index is 3.16. The van der Waals surface area contributed by atoms with Crippen LogP contribution in [-0.2, 0) is 4.43 Å². The molecule has 0 radical (unpaired) electrons. The van der Waals surface area contributed by atoms with E-state index in [1.54, 1.807) is 0 Å². The summed E-state index contributed by atoms with van der Waals surface area (Å²) >= 11 is 0. The zero-order chi connectivity index (χ0) is 13.3. The fourth-order valence-electron chi connectivity index (χ4n) is 4.64. The van der Waals surface area contributed by atoms with E-state index in [0.717, 1.165) is 5.54 Å². The van der Waals surface area contributed by atoms with Crippen LogP contribution in [0.25, 0.3) is 0 Å². The molecule has 102 valence electrons. The van der Waals surface area contributed by atoms with E-state index in [0.29, 0.717) is 10.1 Å². The summed E-state index contributed by atoms with van der Waals surface area (Å²) in [7, 11) is 0.212. The van der Waals surface area contributed by atoms with Crippen molar-refractivity contribution < 1.29 is 4.43 Å². The van der Waals surface area contributed by atoms with Crippen molar-refractivity contribution in [2.45, 2.75) is 89.3 Å². The molecule has 1 aliphatic carbocycles. The number of hydrogen-bond acceptors (Lipinski definition) is 1. The monoisotopic (exact) mass is 256 g/mol. The van der Waals surface area contributed by atoms with Crippen LogP contribution >= 0.6 is 0 Å². The number of hydrogen-bond donors (Lipinski definition) is 0. The lowest BCUT2D eigenvalue weighted by molar-refractivity contribution is 0.291. The van der Waals surface area contributed by atoms with Gasteiger partial charge in [-0.1, -0.05) is 73.6 Å². The zero-order valence-corrected chi connectivity index (χ0v) is 14.0. The van der Waals surface area contributed by atoms with Crippen LogP contribution < -0.4 is 0 Å². The molecule has 0 bridgehead atoms. The molecule has 17 heavy (non-hydrogen) atoms. The molecule has 0 unspecified atom stereocenters. The fourth-order valence-corrected chi connectivity index (χ4v) is 12.1. The first-order chi connectivity index (χ1) is 7.67. The Morgan fingerprint density at radius 2 is 1.24 bits per heavy atom. The molecule has 1 fully saturated rings. The highest BCUT2D eigenvalue weighted by Crippen LogP contribution is 2.60. The average Bonchev–Trinajstić information content (AvgIpc) is 2.16. The van der Waals surface area contributed by atoms with E-state index >= 15 is 0 Å². The first-order valence-electron chi connectivity index (χ1n) is 7.22. The van der Waals surface area contributed by atoms with Crippen LogP contribution in [0.5, 0.6) is 0 Å². The number of rotatable bonds is 2. The lowest BCUT2D eigenvalue weighted by Crippen LogP contribution is -2.57. The SMILES string of the molecule is CO[Si](C1CCCCC1)(C(C)(C)C)C(C)(C)C. The van der Waals surface area contributed by atoms with Crippen LogP contribution in [0.15, 0.2) is 0 Å². The summed E-state index contributed by atoms with van der Waals surface area (Å²) in [6.07, 6.45) is 7.05. The van der Waals surface area contributed by atoms with E-state index in [1.807, 2.05) is 7.11 Å². The van der Waals surface area contributed by atoms with E-state index in [-0.39, 0.29) is 0 Å². The maximum absolute atomic E-state index is 6.35. The second-order valence-corrected chi connectivity index (χ2v) is 13.5. The van der Waals surface area contributed by atoms with E-state index in [2.05, 4.69) is 41.5 Å². The maximum Gasteiger partial charge on any atom is 0.205 e. The van der Waals surface area contributed by atoms with Gasteiger partial charge in [0.05, 0.1) is 0 Å². The molecule has 2 heteroatoms. The van der Waals surface area contributed by atoms with Gasteiger partial charge in [0.25, 0.3) is 0 Å². The van der Waals surface area contributed by atoms with Gasteiger partial charge in [0.1, 0.15) is 0 Å². The molecule has 1 rings (SSSR count). The molecule has 1 nitrogen and oxygen atoms in total. The van der Waals surface area contributed by atoms with Gasteiger partial charge in [-0.2, -0.15) is 0 Å². The minimum Gasteiger partial charge on any atom is -0.419 e. The molecule has 0 aromatic rings. The first kappa shape index (κ1) is 15.2. The molecule has 1 saturated carbocycles. The molecule has 0 atom stereocenters. The van der Waals surface area contributed by atoms with Crippen molar-refractivity contribution in [2.24, 2.45) is 0 Å². The second-order valence-electron chi connectivity index (χ2n) is 7.77. The van der Waals surface area contributed by atoms with Crippen LogP contribution in [0.2, 0.25) is 15.6 Å². The van der Waals surface area contributed by atoms with Crippen molar-refractivity contribution in [1.29, 1.82) is 0 Å². The molecule has 0 saturated heterocycles. The topological polar surface area (TPSA) is 9.23 Å². The fraction of sp³-hybridized carbons (Fsp3) is 1.00. The average molecular weight is 257 g/mol. The molecular weight excluding hydrogens is 224 g/mol. The van der Waals surface area contributed by atoms with Crippen LogP contribution in [0.4, 0.5) is 0 Å². The van der Waals surface area contributed by atoms with Crippen LogP contribution in [0.1, 0.15) is 73.6 Å². The van der Waals surface area contributed by atoms with E-state index in [4.69, 9.17) is 4.43 Å². The van der Waals surface area contributed by atoms with Crippen molar-refractivity contribution in [3.63, 3.8) is 0 Å². The molecule has 0 spiro atoms. The highest BCUT2D eigenvalue weighted by molar-refractivity contribution is 6.80. The summed E-state index contributed by atoms with van der Waals surface area (Å²) in [6, 6.07) is 0. The molecule has 0 heterocycles. The summed E-state index contributed by atoms with van der Waals surface area (Å²) in [6.45, 7) is 14.4. The van der Waals surface area contributed by atoms with Gasteiger partial charge in [0.2, 0.25) is 8.32 Å². The van der Waals surface area contributed by atoms with E-state index < -0.39 is 8.32 Å². The Hall–Kier alpha value is 0.177. The van der Waals surface area contributed by atoms with Crippen molar-refractivity contribution in [2.75, 3.05) is 7.11 Å². The predicted octanol–water partition coefficient (Wildman–Crippen LogP) is 5.51. The Bertz CT molecular complexity index is 227. The third-order valence-electron chi connectivity index (χ3n) is 4.73. The minimum absolute atomic E-state index is 0.321.